The van der Waals surface area contributed by atoms with Crippen molar-refractivity contribution in [3.63, 3.8) is 0 Å². The van der Waals surface area contributed by atoms with Crippen LogP contribution in [0.5, 0.6) is 0 Å². The normalized spacial score (nSPS) is 11.1. The van der Waals surface area contributed by atoms with Gasteiger partial charge < -0.3 is 5.73 Å². The fraction of sp³-hybridized carbons (Fsp3) is 0.385. The van der Waals surface area contributed by atoms with E-state index in [2.05, 4.69) is 32.0 Å². The molecular weight excluding hydrogens is 202 g/mol. The van der Waals surface area contributed by atoms with Crippen LogP contribution in [0, 0.1) is 13.8 Å². The van der Waals surface area contributed by atoms with Gasteiger partial charge in [0.2, 0.25) is 0 Å². The summed E-state index contributed by atoms with van der Waals surface area (Å²) in [5.41, 5.74) is 8.41. The Bertz CT molecular complexity index is 471. The van der Waals surface area contributed by atoms with Crippen LogP contribution in [0.4, 0.5) is 0 Å². The van der Waals surface area contributed by atoms with E-state index in [1.54, 1.807) is 0 Å². The van der Waals surface area contributed by atoms with E-state index in [1.165, 1.54) is 26.1 Å². The maximum absolute atomic E-state index is 5.57. The highest BCUT2D eigenvalue weighted by molar-refractivity contribution is 7.19. The van der Waals surface area contributed by atoms with Crippen molar-refractivity contribution in [3.8, 4) is 0 Å². The molecule has 1 heterocycles. The Labute approximate surface area is 94.9 Å². The van der Waals surface area contributed by atoms with E-state index < -0.39 is 0 Å². The van der Waals surface area contributed by atoms with Gasteiger partial charge in [0.25, 0.3) is 0 Å². The first-order valence-electron chi connectivity index (χ1n) is 5.41. The van der Waals surface area contributed by atoms with E-state index >= 15 is 0 Å². The van der Waals surface area contributed by atoms with Gasteiger partial charge in [0.05, 0.1) is 0 Å². The van der Waals surface area contributed by atoms with Crippen molar-refractivity contribution in [2.24, 2.45) is 5.73 Å². The van der Waals surface area contributed by atoms with Crippen LogP contribution in [0.2, 0.25) is 0 Å². The van der Waals surface area contributed by atoms with Gasteiger partial charge in [-0.3, -0.25) is 0 Å². The number of aryl methyl sites for hydroxylation is 3. The quantitative estimate of drug-likeness (QED) is 0.841. The zero-order valence-electron chi connectivity index (χ0n) is 9.34. The Morgan fingerprint density at radius 2 is 2.07 bits per heavy atom. The summed E-state index contributed by atoms with van der Waals surface area (Å²) < 4.78 is 1.42. The van der Waals surface area contributed by atoms with Crippen LogP contribution in [0.3, 0.4) is 0 Å². The first-order chi connectivity index (χ1) is 7.22. The molecule has 2 heteroatoms. The minimum absolute atomic E-state index is 0.780. The Balaban J connectivity index is 2.48. The lowest BCUT2D eigenvalue weighted by atomic mass is 10.0. The molecule has 1 aromatic carbocycles. The number of benzene rings is 1. The molecule has 1 aromatic heterocycles. The smallest absolute Gasteiger partial charge is 0.0351 e. The third-order valence-electron chi connectivity index (χ3n) is 2.78. The minimum atomic E-state index is 0.780. The number of thiophene rings is 1. The van der Waals surface area contributed by atoms with Crippen LogP contribution < -0.4 is 5.73 Å². The lowest BCUT2D eigenvalue weighted by Crippen LogP contribution is -2.00. The van der Waals surface area contributed by atoms with Crippen molar-refractivity contribution in [3.05, 3.63) is 34.2 Å². The summed E-state index contributed by atoms with van der Waals surface area (Å²) in [4.78, 5) is 1.45. The maximum Gasteiger partial charge on any atom is 0.0351 e. The molecule has 0 aliphatic carbocycles. The summed E-state index contributed by atoms with van der Waals surface area (Å²) in [6.07, 6.45) is 2.20. The molecule has 0 aliphatic rings. The molecule has 0 atom stereocenters. The summed E-state index contributed by atoms with van der Waals surface area (Å²) in [5.74, 6) is 0. The first kappa shape index (κ1) is 10.7. The summed E-state index contributed by atoms with van der Waals surface area (Å²) in [5, 5.41) is 1.43. The Hall–Kier alpha value is -0.860. The number of nitrogens with two attached hydrogens (primary N) is 1. The molecule has 0 aliphatic heterocycles. The van der Waals surface area contributed by atoms with E-state index in [4.69, 9.17) is 5.73 Å². The molecule has 80 valence electrons. The molecule has 0 amide bonds. The third kappa shape index (κ3) is 2.06. The summed E-state index contributed by atoms with van der Waals surface area (Å²) >= 11 is 1.90. The van der Waals surface area contributed by atoms with Crippen molar-refractivity contribution in [2.75, 3.05) is 6.54 Å². The molecule has 2 rings (SSSR count). The fourth-order valence-corrected chi connectivity index (χ4v) is 3.18. The van der Waals surface area contributed by atoms with Crippen LogP contribution in [0.1, 0.15) is 22.4 Å². The second kappa shape index (κ2) is 4.33. The van der Waals surface area contributed by atoms with E-state index in [9.17, 15) is 0 Å². The molecule has 0 bridgehead atoms. The molecule has 0 saturated heterocycles. The van der Waals surface area contributed by atoms with E-state index in [1.807, 2.05) is 11.3 Å². The van der Waals surface area contributed by atoms with Crippen molar-refractivity contribution in [1.82, 2.24) is 0 Å². The Kier molecular flexibility index (Phi) is 3.08. The van der Waals surface area contributed by atoms with Crippen LogP contribution in [-0.4, -0.2) is 6.54 Å². The lowest BCUT2D eigenvalue weighted by molar-refractivity contribution is 0.835. The van der Waals surface area contributed by atoms with Gasteiger partial charge in [-0.05, 0) is 55.8 Å². The standard InChI is InChI=1S/C13H17NS/c1-9-5-6-12-11(4-3-7-14)10(2)15-13(12)8-9/h5-6,8H,3-4,7,14H2,1-2H3. The molecule has 1 nitrogen and oxygen atoms in total. The van der Waals surface area contributed by atoms with Gasteiger partial charge in [0, 0.05) is 9.58 Å². The average molecular weight is 219 g/mol. The highest BCUT2D eigenvalue weighted by Crippen LogP contribution is 2.32. The van der Waals surface area contributed by atoms with Crippen molar-refractivity contribution in [2.45, 2.75) is 26.7 Å². The number of fused-ring (bicyclic) bond motifs is 1. The van der Waals surface area contributed by atoms with E-state index in [0.29, 0.717) is 0 Å². The predicted octanol–water partition coefficient (Wildman–Crippen LogP) is 3.41. The molecule has 2 N–H and O–H groups in total. The van der Waals surface area contributed by atoms with Gasteiger partial charge in [-0.2, -0.15) is 0 Å². The molecule has 0 fully saturated rings. The fourth-order valence-electron chi connectivity index (χ4n) is 1.97. The van der Waals surface area contributed by atoms with Crippen LogP contribution in [0.15, 0.2) is 18.2 Å². The van der Waals surface area contributed by atoms with Crippen LogP contribution in [0.25, 0.3) is 10.1 Å². The molecule has 15 heavy (non-hydrogen) atoms. The van der Waals surface area contributed by atoms with Crippen molar-refractivity contribution in [1.29, 1.82) is 0 Å². The lowest BCUT2D eigenvalue weighted by Gasteiger charge is -2.00. The molecule has 2 aromatic rings. The van der Waals surface area contributed by atoms with E-state index in [0.717, 1.165) is 19.4 Å². The Morgan fingerprint density at radius 1 is 1.27 bits per heavy atom. The van der Waals surface area contributed by atoms with Crippen molar-refractivity contribution >= 4 is 21.4 Å². The minimum Gasteiger partial charge on any atom is -0.330 e. The predicted molar refractivity (Wildman–Crippen MR) is 68.7 cm³/mol. The summed E-state index contributed by atoms with van der Waals surface area (Å²) in [6.45, 7) is 5.14. The van der Waals surface area contributed by atoms with Gasteiger partial charge in [-0.15, -0.1) is 11.3 Å². The van der Waals surface area contributed by atoms with E-state index in [-0.39, 0.29) is 0 Å². The van der Waals surface area contributed by atoms with Gasteiger partial charge >= 0.3 is 0 Å². The highest BCUT2D eigenvalue weighted by atomic mass is 32.1. The summed E-state index contributed by atoms with van der Waals surface area (Å²) in [6, 6.07) is 6.72. The number of hydrogen-bond acceptors (Lipinski definition) is 2. The second-order valence-corrected chi connectivity index (χ2v) is 5.28. The molecule has 0 spiro atoms. The largest absolute Gasteiger partial charge is 0.330 e. The average Bonchev–Trinajstić information content (AvgIpc) is 2.50. The monoisotopic (exact) mass is 219 g/mol. The zero-order valence-corrected chi connectivity index (χ0v) is 10.2. The van der Waals surface area contributed by atoms with Gasteiger partial charge in [0.1, 0.15) is 0 Å². The van der Waals surface area contributed by atoms with Crippen molar-refractivity contribution < 1.29 is 0 Å². The molecular formula is C13H17NS. The Morgan fingerprint density at radius 3 is 2.80 bits per heavy atom. The number of hydrogen-bond donors (Lipinski definition) is 1. The summed E-state index contributed by atoms with van der Waals surface area (Å²) in [7, 11) is 0. The molecule has 0 saturated carbocycles. The van der Waals surface area contributed by atoms with Gasteiger partial charge in [0.15, 0.2) is 0 Å². The maximum atomic E-state index is 5.57. The first-order valence-corrected chi connectivity index (χ1v) is 6.22. The highest BCUT2D eigenvalue weighted by Gasteiger charge is 2.07. The topological polar surface area (TPSA) is 26.0 Å². The second-order valence-electron chi connectivity index (χ2n) is 4.03. The molecule has 0 radical (unpaired) electrons. The third-order valence-corrected chi connectivity index (χ3v) is 3.89. The molecule has 0 unspecified atom stereocenters. The zero-order chi connectivity index (χ0) is 10.8. The van der Waals surface area contributed by atoms with Crippen LogP contribution in [-0.2, 0) is 6.42 Å². The van der Waals surface area contributed by atoms with Crippen LogP contribution >= 0.6 is 11.3 Å². The number of rotatable bonds is 3. The van der Waals surface area contributed by atoms with Gasteiger partial charge in [-0.25, -0.2) is 0 Å². The SMILES string of the molecule is Cc1ccc2c(CCCN)c(C)sc2c1. The van der Waals surface area contributed by atoms with Gasteiger partial charge in [-0.1, -0.05) is 12.1 Å².